The van der Waals surface area contributed by atoms with Gasteiger partial charge in [-0.1, -0.05) is 11.6 Å². The molecule has 1 N–H and O–H groups in total. The fourth-order valence-electron chi connectivity index (χ4n) is 2.06. The summed E-state index contributed by atoms with van der Waals surface area (Å²) in [4.78, 5) is 0.189. The lowest BCUT2D eigenvalue weighted by atomic mass is 10.2. The Morgan fingerprint density at radius 3 is 2.43 bits per heavy atom. The Balaban J connectivity index is 2.50. The summed E-state index contributed by atoms with van der Waals surface area (Å²) in [5.74, 6) is 0. The van der Waals surface area contributed by atoms with Crippen LogP contribution >= 0.6 is 27.5 Å². The van der Waals surface area contributed by atoms with Crippen molar-refractivity contribution < 1.29 is 8.42 Å². The van der Waals surface area contributed by atoms with Crippen molar-refractivity contribution >= 4 is 43.2 Å². The topological polar surface area (TPSA) is 64.0 Å². The predicted octanol–water partition coefficient (Wildman–Crippen LogP) is 3.56. The molecule has 1 heterocycles. The smallest absolute Gasteiger partial charge is 0.265 e. The number of nitrogens with one attached hydrogen (secondary N) is 1. The molecule has 8 heteroatoms. The average molecular weight is 393 g/mol. The van der Waals surface area contributed by atoms with Crippen LogP contribution in [0.15, 0.2) is 21.5 Å². The van der Waals surface area contributed by atoms with Crippen molar-refractivity contribution in [3.05, 3.63) is 38.6 Å². The number of sulfonamides is 1. The first-order valence-electron chi connectivity index (χ1n) is 6.12. The first-order chi connectivity index (χ1) is 9.63. The van der Waals surface area contributed by atoms with E-state index in [0.29, 0.717) is 26.6 Å². The van der Waals surface area contributed by atoms with E-state index in [-0.39, 0.29) is 4.90 Å². The first-order valence-corrected chi connectivity index (χ1v) is 8.77. The monoisotopic (exact) mass is 391 g/mol. The molecule has 0 saturated heterocycles. The number of hydrogen-bond donors (Lipinski definition) is 1. The van der Waals surface area contributed by atoms with Crippen LogP contribution in [0.4, 0.5) is 5.69 Å². The van der Waals surface area contributed by atoms with E-state index in [4.69, 9.17) is 11.6 Å². The molecule has 5 nitrogen and oxygen atoms in total. The lowest BCUT2D eigenvalue weighted by molar-refractivity contribution is 0.599. The van der Waals surface area contributed by atoms with E-state index in [9.17, 15) is 8.42 Å². The van der Waals surface area contributed by atoms with E-state index in [0.717, 1.165) is 5.56 Å². The fourth-order valence-corrected chi connectivity index (χ4v) is 4.43. The predicted molar refractivity (Wildman–Crippen MR) is 87.4 cm³/mol. The quantitative estimate of drug-likeness (QED) is 0.868. The summed E-state index contributed by atoms with van der Waals surface area (Å²) in [7, 11) is -2.02. The lowest BCUT2D eigenvalue weighted by Crippen LogP contribution is -2.15. The summed E-state index contributed by atoms with van der Waals surface area (Å²) in [6, 6.07) is 3.35. The summed E-state index contributed by atoms with van der Waals surface area (Å²) in [5, 5.41) is 4.63. The molecule has 0 amide bonds. The van der Waals surface area contributed by atoms with Gasteiger partial charge in [0.1, 0.15) is 4.90 Å². The molecule has 1 aromatic carbocycles. The van der Waals surface area contributed by atoms with Gasteiger partial charge in [-0.05, 0) is 54.4 Å². The van der Waals surface area contributed by atoms with Crippen molar-refractivity contribution in [1.82, 2.24) is 9.78 Å². The van der Waals surface area contributed by atoms with Gasteiger partial charge in [0.15, 0.2) is 0 Å². The zero-order valence-corrected chi connectivity index (χ0v) is 15.2. The van der Waals surface area contributed by atoms with E-state index in [1.54, 1.807) is 37.7 Å². The highest BCUT2D eigenvalue weighted by Gasteiger charge is 2.24. The van der Waals surface area contributed by atoms with Gasteiger partial charge >= 0.3 is 0 Å². The average Bonchev–Trinajstić information content (AvgIpc) is 2.60. The standard InChI is InChI=1S/C13H15BrClN3O2S/c1-7-5-10(14)12(6-11(7)15)17-21(19,20)13-8(2)16-18(4)9(13)3/h5-6,17H,1-4H3. The number of halogens is 2. The number of aromatic nitrogens is 2. The highest BCUT2D eigenvalue weighted by Crippen LogP contribution is 2.31. The van der Waals surface area contributed by atoms with Gasteiger partial charge in [0.25, 0.3) is 10.0 Å². The number of benzene rings is 1. The van der Waals surface area contributed by atoms with E-state index < -0.39 is 10.0 Å². The third-order valence-electron chi connectivity index (χ3n) is 3.20. The van der Waals surface area contributed by atoms with Crippen LogP contribution in [0.25, 0.3) is 0 Å². The Morgan fingerprint density at radius 2 is 1.90 bits per heavy atom. The van der Waals surface area contributed by atoms with Crippen LogP contribution in [-0.4, -0.2) is 18.2 Å². The molecular formula is C13H15BrClN3O2S. The molecule has 0 unspecified atom stereocenters. The zero-order valence-electron chi connectivity index (χ0n) is 12.0. The van der Waals surface area contributed by atoms with Gasteiger partial charge in [0.2, 0.25) is 0 Å². The maximum absolute atomic E-state index is 12.6. The van der Waals surface area contributed by atoms with Gasteiger partial charge in [-0.15, -0.1) is 0 Å². The number of hydrogen-bond acceptors (Lipinski definition) is 3. The molecule has 114 valence electrons. The minimum atomic E-state index is -3.73. The Labute approximate surface area is 137 Å². The van der Waals surface area contributed by atoms with Crippen LogP contribution in [0.5, 0.6) is 0 Å². The van der Waals surface area contributed by atoms with Crippen molar-refractivity contribution in [1.29, 1.82) is 0 Å². The van der Waals surface area contributed by atoms with Crippen LogP contribution in [0.1, 0.15) is 17.0 Å². The molecule has 0 spiro atoms. The second kappa shape index (κ2) is 5.62. The van der Waals surface area contributed by atoms with Crippen molar-refractivity contribution in [3.8, 4) is 0 Å². The summed E-state index contributed by atoms with van der Waals surface area (Å²) in [6.07, 6.45) is 0. The Kier molecular flexibility index (Phi) is 4.37. The molecule has 1 aromatic heterocycles. The Hall–Kier alpha value is -1.05. The maximum Gasteiger partial charge on any atom is 0.265 e. The first kappa shape index (κ1) is 16.3. The normalized spacial score (nSPS) is 11.7. The highest BCUT2D eigenvalue weighted by atomic mass is 79.9. The molecular weight excluding hydrogens is 378 g/mol. The molecule has 0 atom stereocenters. The molecule has 0 aliphatic rings. The van der Waals surface area contributed by atoms with Crippen LogP contribution < -0.4 is 4.72 Å². The largest absolute Gasteiger partial charge is 0.278 e. The summed E-state index contributed by atoms with van der Waals surface area (Å²) in [6.45, 7) is 5.23. The van der Waals surface area contributed by atoms with Crippen LogP contribution in [0, 0.1) is 20.8 Å². The number of anilines is 1. The summed E-state index contributed by atoms with van der Waals surface area (Å²) >= 11 is 9.40. The van der Waals surface area contributed by atoms with Crippen molar-refractivity contribution in [2.24, 2.45) is 7.05 Å². The van der Waals surface area contributed by atoms with Crippen molar-refractivity contribution in [2.75, 3.05) is 4.72 Å². The van der Waals surface area contributed by atoms with Crippen LogP contribution in [0.3, 0.4) is 0 Å². The summed E-state index contributed by atoms with van der Waals surface area (Å²) < 4.78 is 29.9. The van der Waals surface area contributed by atoms with E-state index in [1.165, 1.54) is 0 Å². The molecule has 0 aliphatic heterocycles. The van der Waals surface area contributed by atoms with Crippen LogP contribution in [-0.2, 0) is 17.1 Å². The molecule has 0 saturated carbocycles. The van der Waals surface area contributed by atoms with Gasteiger partial charge in [-0.2, -0.15) is 5.10 Å². The van der Waals surface area contributed by atoms with Crippen LogP contribution in [0.2, 0.25) is 5.02 Å². The van der Waals surface area contributed by atoms with Crippen molar-refractivity contribution in [3.63, 3.8) is 0 Å². The molecule has 2 aromatic rings. The second-order valence-corrected chi connectivity index (χ2v) is 7.69. The molecule has 21 heavy (non-hydrogen) atoms. The minimum Gasteiger partial charge on any atom is -0.278 e. The fraction of sp³-hybridized carbons (Fsp3) is 0.308. The maximum atomic E-state index is 12.6. The van der Waals surface area contributed by atoms with Crippen molar-refractivity contribution in [2.45, 2.75) is 25.7 Å². The lowest BCUT2D eigenvalue weighted by Gasteiger charge is -2.11. The molecule has 0 radical (unpaired) electrons. The highest BCUT2D eigenvalue weighted by molar-refractivity contribution is 9.10. The van der Waals surface area contributed by atoms with Gasteiger partial charge in [-0.3, -0.25) is 9.40 Å². The van der Waals surface area contributed by atoms with E-state index in [2.05, 4.69) is 25.8 Å². The second-order valence-electron chi connectivity index (χ2n) is 4.81. The minimum absolute atomic E-state index is 0.189. The molecule has 0 fully saturated rings. The number of rotatable bonds is 3. The number of aryl methyl sites for hydroxylation is 3. The molecule has 0 aliphatic carbocycles. The van der Waals surface area contributed by atoms with Gasteiger partial charge in [0, 0.05) is 16.5 Å². The zero-order chi connectivity index (χ0) is 15.9. The molecule has 2 rings (SSSR count). The SMILES string of the molecule is Cc1cc(Br)c(NS(=O)(=O)c2c(C)nn(C)c2C)cc1Cl. The Morgan fingerprint density at radius 1 is 1.29 bits per heavy atom. The van der Waals surface area contributed by atoms with Gasteiger partial charge < -0.3 is 0 Å². The van der Waals surface area contributed by atoms with E-state index in [1.807, 2.05) is 6.92 Å². The Bertz CT molecular complexity index is 815. The third-order valence-corrected chi connectivity index (χ3v) is 5.88. The number of nitrogens with zero attached hydrogens (tertiary/aromatic N) is 2. The summed E-state index contributed by atoms with van der Waals surface area (Å²) in [5.41, 5.74) is 2.29. The van der Waals surface area contributed by atoms with Gasteiger partial charge in [0.05, 0.1) is 17.1 Å². The van der Waals surface area contributed by atoms with E-state index >= 15 is 0 Å². The third kappa shape index (κ3) is 3.09. The van der Waals surface area contributed by atoms with Gasteiger partial charge in [-0.25, -0.2) is 8.42 Å². The molecule has 0 bridgehead atoms.